The molecular formula is C24H24N4. The van der Waals surface area contributed by atoms with Gasteiger partial charge >= 0.3 is 0 Å². The van der Waals surface area contributed by atoms with Crippen LogP contribution in [0, 0.1) is 0 Å². The number of aromatic nitrogens is 3. The summed E-state index contributed by atoms with van der Waals surface area (Å²) in [6.45, 7) is 6.05. The molecule has 0 aliphatic carbocycles. The van der Waals surface area contributed by atoms with E-state index in [1.807, 2.05) is 10.9 Å². The van der Waals surface area contributed by atoms with Crippen LogP contribution in [0.1, 0.15) is 23.7 Å². The van der Waals surface area contributed by atoms with Crippen molar-refractivity contribution in [1.82, 2.24) is 19.7 Å². The molecule has 4 nitrogen and oxygen atoms in total. The molecule has 140 valence electrons. The number of hydrogen-bond acceptors (Lipinski definition) is 3. The van der Waals surface area contributed by atoms with Gasteiger partial charge in [-0.25, -0.2) is 0 Å². The number of rotatable bonds is 5. The maximum atomic E-state index is 4.82. The lowest BCUT2D eigenvalue weighted by Crippen LogP contribution is -2.19. The van der Waals surface area contributed by atoms with E-state index in [-0.39, 0.29) is 0 Å². The maximum Gasteiger partial charge on any atom is 0.0705 e. The molecule has 5 rings (SSSR count). The van der Waals surface area contributed by atoms with Gasteiger partial charge in [0.25, 0.3) is 0 Å². The highest BCUT2D eigenvalue weighted by Crippen LogP contribution is 2.32. The third kappa shape index (κ3) is 3.20. The van der Waals surface area contributed by atoms with Crippen molar-refractivity contribution in [1.29, 1.82) is 0 Å². The Morgan fingerprint density at radius 2 is 1.89 bits per heavy atom. The zero-order chi connectivity index (χ0) is 18.9. The van der Waals surface area contributed by atoms with Crippen molar-refractivity contribution >= 4 is 10.9 Å². The van der Waals surface area contributed by atoms with E-state index in [2.05, 4.69) is 77.7 Å². The predicted molar refractivity (Wildman–Crippen MR) is 113 cm³/mol. The lowest BCUT2D eigenvalue weighted by atomic mass is 9.99. The number of fused-ring (bicyclic) bond motifs is 2. The van der Waals surface area contributed by atoms with E-state index in [0.29, 0.717) is 0 Å². The van der Waals surface area contributed by atoms with Gasteiger partial charge in [0.15, 0.2) is 0 Å². The van der Waals surface area contributed by atoms with Gasteiger partial charge in [0.05, 0.1) is 11.7 Å². The van der Waals surface area contributed by atoms with Crippen LogP contribution in [0.15, 0.2) is 67.0 Å². The third-order valence-corrected chi connectivity index (χ3v) is 5.66. The van der Waals surface area contributed by atoms with E-state index in [9.17, 15) is 0 Å². The van der Waals surface area contributed by atoms with E-state index < -0.39 is 0 Å². The molecule has 2 aromatic carbocycles. The normalized spacial score (nSPS) is 13.9. The van der Waals surface area contributed by atoms with Gasteiger partial charge in [-0.1, -0.05) is 42.5 Å². The van der Waals surface area contributed by atoms with Crippen LogP contribution in [0.2, 0.25) is 0 Å². The monoisotopic (exact) mass is 368 g/mol. The van der Waals surface area contributed by atoms with E-state index >= 15 is 0 Å². The minimum Gasteiger partial charge on any atom is -0.294 e. The second-order valence-electron chi connectivity index (χ2n) is 7.48. The Bertz CT molecular complexity index is 1130. The molecule has 0 amide bonds. The highest BCUT2D eigenvalue weighted by Gasteiger charge is 2.22. The van der Waals surface area contributed by atoms with Crippen molar-refractivity contribution in [3.8, 4) is 11.1 Å². The van der Waals surface area contributed by atoms with E-state index in [1.54, 1.807) is 0 Å². The number of hydrogen-bond donors (Lipinski definition) is 0. The average Bonchev–Trinajstić information content (AvgIpc) is 3.38. The smallest absolute Gasteiger partial charge is 0.0705 e. The van der Waals surface area contributed by atoms with Gasteiger partial charge in [0, 0.05) is 55.4 Å². The Morgan fingerprint density at radius 3 is 2.79 bits per heavy atom. The Balaban J connectivity index is 1.32. The van der Waals surface area contributed by atoms with Crippen LogP contribution >= 0.6 is 0 Å². The molecule has 3 heterocycles. The average molecular weight is 368 g/mol. The first kappa shape index (κ1) is 17.1. The zero-order valence-corrected chi connectivity index (χ0v) is 16.2. The second kappa shape index (κ2) is 7.21. The molecule has 0 unspecified atom stereocenters. The Morgan fingerprint density at radius 1 is 0.964 bits per heavy atom. The number of para-hydroxylation sites is 1. The Hall–Kier alpha value is -2.98. The Labute approximate surface area is 165 Å². The molecule has 0 spiro atoms. The van der Waals surface area contributed by atoms with Crippen molar-refractivity contribution in [3.05, 3.63) is 83.8 Å². The van der Waals surface area contributed by atoms with Crippen molar-refractivity contribution in [3.63, 3.8) is 0 Å². The zero-order valence-electron chi connectivity index (χ0n) is 16.2. The molecule has 4 heteroatoms. The SMILES string of the molecule is CCn1cc(-c2cccc3c2CN(CCc2ccc4ccccc4n2)C3)cn1. The summed E-state index contributed by atoms with van der Waals surface area (Å²) in [5.74, 6) is 0. The molecular weight excluding hydrogens is 344 g/mol. The highest BCUT2D eigenvalue weighted by atomic mass is 15.3. The molecule has 0 fully saturated rings. The molecule has 0 saturated carbocycles. The standard InChI is InChI=1S/C24H24N4/c1-2-28-16-20(14-25-28)22-8-5-7-19-15-27(17-23(19)22)13-12-21-11-10-18-6-3-4-9-24(18)26-21/h3-11,14,16H,2,12-13,15,17H2,1H3. The van der Waals surface area contributed by atoms with Crippen molar-refractivity contribution in [2.24, 2.45) is 0 Å². The Kier molecular flexibility index (Phi) is 4.41. The lowest BCUT2D eigenvalue weighted by Gasteiger charge is -2.14. The molecule has 0 radical (unpaired) electrons. The summed E-state index contributed by atoms with van der Waals surface area (Å²) in [6.07, 6.45) is 5.11. The van der Waals surface area contributed by atoms with Crippen LogP contribution in [0.3, 0.4) is 0 Å². The maximum absolute atomic E-state index is 4.82. The predicted octanol–water partition coefficient (Wildman–Crippen LogP) is 4.68. The van der Waals surface area contributed by atoms with Crippen LogP contribution in [0.4, 0.5) is 0 Å². The summed E-state index contributed by atoms with van der Waals surface area (Å²) in [6, 6.07) is 19.3. The molecule has 0 saturated heterocycles. The first-order chi connectivity index (χ1) is 13.8. The summed E-state index contributed by atoms with van der Waals surface area (Å²) in [5, 5.41) is 5.66. The molecule has 28 heavy (non-hydrogen) atoms. The topological polar surface area (TPSA) is 34.0 Å². The van der Waals surface area contributed by atoms with Gasteiger partial charge in [-0.3, -0.25) is 14.6 Å². The highest BCUT2D eigenvalue weighted by molar-refractivity contribution is 5.78. The minimum atomic E-state index is 0.903. The van der Waals surface area contributed by atoms with E-state index in [1.165, 1.54) is 33.3 Å². The van der Waals surface area contributed by atoms with Crippen molar-refractivity contribution in [2.75, 3.05) is 6.54 Å². The first-order valence-electron chi connectivity index (χ1n) is 10.0. The minimum absolute atomic E-state index is 0.903. The summed E-state index contributed by atoms with van der Waals surface area (Å²) in [7, 11) is 0. The fourth-order valence-corrected chi connectivity index (χ4v) is 4.11. The summed E-state index contributed by atoms with van der Waals surface area (Å²) in [5.41, 5.74) is 7.68. The van der Waals surface area contributed by atoms with Crippen LogP contribution in [0.25, 0.3) is 22.0 Å². The van der Waals surface area contributed by atoms with E-state index in [0.717, 1.165) is 38.1 Å². The van der Waals surface area contributed by atoms with Gasteiger partial charge < -0.3 is 0 Å². The molecule has 1 aliphatic heterocycles. The second-order valence-corrected chi connectivity index (χ2v) is 7.48. The quantitative estimate of drug-likeness (QED) is 0.513. The number of benzene rings is 2. The summed E-state index contributed by atoms with van der Waals surface area (Å²) < 4.78 is 1.99. The fraction of sp³-hybridized carbons (Fsp3) is 0.250. The van der Waals surface area contributed by atoms with E-state index in [4.69, 9.17) is 4.98 Å². The van der Waals surface area contributed by atoms with Gasteiger partial charge in [-0.15, -0.1) is 0 Å². The summed E-state index contributed by atoms with van der Waals surface area (Å²) >= 11 is 0. The summed E-state index contributed by atoms with van der Waals surface area (Å²) in [4.78, 5) is 7.35. The van der Waals surface area contributed by atoms with Crippen molar-refractivity contribution < 1.29 is 0 Å². The molecule has 0 N–H and O–H groups in total. The molecule has 4 aromatic rings. The van der Waals surface area contributed by atoms with Gasteiger partial charge in [-0.2, -0.15) is 5.10 Å². The molecule has 2 aromatic heterocycles. The number of aryl methyl sites for hydroxylation is 1. The van der Waals surface area contributed by atoms with Crippen LogP contribution < -0.4 is 0 Å². The van der Waals surface area contributed by atoms with Crippen LogP contribution in [-0.4, -0.2) is 26.2 Å². The largest absolute Gasteiger partial charge is 0.294 e. The number of pyridine rings is 1. The van der Waals surface area contributed by atoms with Crippen LogP contribution in [0.5, 0.6) is 0 Å². The first-order valence-corrected chi connectivity index (χ1v) is 10.0. The third-order valence-electron chi connectivity index (χ3n) is 5.66. The number of nitrogens with zero attached hydrogens (tertiary/aromatic N) is 4. The molecule has 0 bridgehead atoms. The molecule has 0 atom stereocenters. The fourth-order valence-electron chi connectivity index (χ4n) is 4.11. The molecule has 1 aliphatic rings. The van der Waals surface area contributed by atoms with Crippen LogP contribution in [-0.2, 0) is 26.1 Å². The van der Waals surface area contributed by atoms with Gasteiger partial charge in [0.2, 0.25) is 0 Å². The lowest BCUT2D eigenvalue weighted by molar-refractivity contribution is 0.287. The van der Waals surface area contributed by atoms with Crippen molar-refractivity contribution in [2.45, 2.75) is 33.0 Å². The van der Waals surface area contributed by atoms with Gasteiger partial charge in [-0.05, 0) is 35.7 Å². The van der Waals surface area contributed by atoms with Gasteiger partial charge in [0.1, 0.15) is 0 Å².